The van der Waals surface area contributed by atoms with Crippen LogP contribution in [0.15, 0.2) is 63.9 Å². The number of hydrogen-bond acceptors (Lipinski definition) is 6. The van der Waals surface area contributed by atoms with E-state index in [1.165, 1.54) is 16.9 Å². The first kappa shape index (κ1) is 20.7. The van der Waals surface area contributed by atoms with Gasteiger partial charge in [0.2, 0.25) is 15.2 Å². The van der Waals surface area contributed by atoms with E-state index in [2.05, 4.69) is 34.6 Å². The molecule has 1 fully saturated rings. The SMILES string of the molecule is CCc1ccc(C=NNc2nc(-c3ccc(S(=O)(=O)N4CCCC4)cc3)cs2)cc1. The molecule has 0 aliphatic carbocycles. The summed E-state index contributed by atoms with van der Waals surface area (Å²) < 4.78 is 26.8. The maximum atomic E-state index is 12.6. The Morgan fingerprint density at radius 2 is 1.80 bits per heavy atom. The van der Waals surface area contributed by atoms with Gasteiger partial charge >= 0.3 is 0 Å². The summed E-state index contributed by atoms with van der Waals surface area (Å²) in [6.45, 7) is 3.34. The molecule has 2 heterocycles. The maximum absolute atomic E-state index is 12.6. The minimum absolute atomic E-state index is 0.334. The number of hydrazone groups is 1. The summed E-state index contributed by atoms with van der Waals surface area (Å²) in [5.41, 5.74) is 6.93. The third-order valence-corrected chi connectivity index (χ3v) is 7.78. The van der Waals surface area contributed by atoms with Gasteiger partial charge < -0.3 is 0 Å². The Balaban J connectivity index is 1.41. The van der Waals surface area contributed by atoms with Gasteiger partial charge in [0.15, 0.2) is 0 Å². The third kappa shape index (κ3) is 4.61. The number of anilines is 1. The minimum atomic E-state index is -3.39. The van der Waals surface area contributed by atoms with E-state index in [1.54, 1.807) is 34.8 Å². The quantitative estimate of drug-likeness (QED) is 0.430. The summed E-state index contributed by atoms with van der Waals surface area (Å²) in [5, 5.41) is 6.86. The van der Waals surface area contributed by atoms with Crippen LogP contribution in [0.2, 0.25) is 0 Å². The first-order valence-electron chi connectivity index (χ1n) is 10.0. The molecular formula is C22H24N4O2S2. The van der Waals surface area contributed by atoms with Crippen molar-refractivity contribution in [1.82, 2.24) is 9.29 Å². The number of hydrogen-bond donors (Lipinski definition) is 1. The number of nitrogens with zero attached hydrogens (tertiary/aromatic N) is 3. The summed E-state index contributed by atoms with van der Waals surface area (Å²) in [4.78, 5) is 4.88. The molecule has 6 nitrogen and oxygen atoms in total. The average Bonchev–Trinajstić information content (AvgIpc) is 3.47. The first-order chi connectivity index (χ1) is 14.6. The van der Waals surface area contributed by atoms with Crippen LogP contribution in [0.1, 0.15) is 30.9 Å². The molecule has 1 N–H and O–H groups in total. The number of sulfonamides is 1. The van der Waals surface area contributed by atoms with Gasteiger partial charge in [0, 0.05) is 24.0 Å². The van der Waals surface area contributed by atoms with Crippen molar-refractivity contribution in [3.63, 3.8) is 0 Å². The van der Waals surface area contributed by atoms with Crippen LogP contribution in [0.25, 0.3) is 11.3 Å². The van der Waals surface area contributed by atoms with E-state index >= 15 is 0 Å². The van der Waals surface area contributed by atoms with Crippen molar-refractivity contribution < 1.29 is 8.42 Å². The summed E-state index contributed by atoms with van der Waals surface area (Å²) in [6.07, 6.45) is 4.64. The lowest BCUT2D eigenvalue weighted by Gasteiger charge is -2.15. The molecule has 0 radical (unpaired) electrons. The second-order valence-corrected chi connectivity index (χ2v) is 9.93. The molecular weight excluding hydrogens is 416 g/mol. The monoisotopic (exact) mass is 440 g/mol. The normalized spacial score (nSPS) is 15.1. The Hall–Kier alpha value is -2.55. The van der Waals surface area contributed by atoms with E-state index < -0.39 is 10.0 Å². The van der Waals surface area contributed by atoms with Crippen LogP contribution in [0.3, 0.4) is 0 Å². The van der Waals surface area contributed by atoms with E-state index in [4.69, 9.17) is 0 Å². The van der Waals surface area contributed by atoms with Gasteiger partial charge in [-0.3, -0.25) is 5.43 Å². The van der Waals surface area contributed by atoms with Gasteiger partial charge in [0.1, 0.15) is 0 Å². The Morgan fingerprint density at radius 1 is 1.10 bits per heavy atom. The zero-order valence-corrected chi connectivity index (χ0v) is 18.4. The number of thiazole rings is 1. The van der Waals surface area contributed by atoms with E-state index in [-0.39, 0.29) is 0 Å². The Kier molecular flexibility index (Phi) is 6.26. The molecule has 2 aromatic carbocycles. The predicted molar refractivity (Wildman–Crippen MR) is 123 cm³/mol. The van der Waals surface area contributed by atoms with Crippen LogP contribution in [0.4, 0.5) is 5.13 Å². The van der Waals surface area contributed by atoms with Crippen LogP contribution in [0, 0.1) is 0 Å². The van der Waals surface area contributed by atoms with Gasteiger partial charge in [0.25, 0.3) is 0 Å². The van der Waals surface area contributed by atoms with Gasteiger partial charge in [-0.2, -0.15) is 9.41 Å². The second kappa shape index (κ2) is 9.07. The lowest BCUT2D eigenvalue weighted by Crippen LogP contribution is -2.27. The molecule has 0 unspecified atom stereocenters. The van der Waals surface area contributed by atoms with Crippen LogP contribution in [-0.4, -0.2) is 37.0 Å². The lowest BCUT2D eigenvalue weighted by atomic mass is 10.1. The van der Waals surface area contributed by atoms with Crippen molar-refractivity contribution >= 4 is 32.7 Å². The summed E-state index contributed by atoms with van der Waals surface area (Å²) in [7, 11) is -3.39. The molecule has 0 spiro atoms. The highest BCUT2D eigenvalue weighted by Crippen LogP contribution is 2.27. The predicted octanol–water partition coefficient (Wildman–Crippen LogP) is 4.60. The third-order valence-electron chi connectivity index (χ3n) is 5.12. The zero-order valence-electron chi connectivity index (χ0n) is 16.8. The van der Waals surface area contributed by atoms with Crippen LogP contribution >= 0.6 is 11.3 Å². The number of benzene rings is 2. The molecule has 1 aromatic heterocycles. The topological polar surface area (TPSA) is 74.7 Å². The average molecular weight is 441 g/mol. The van der Waals surface area contributed by atoms with Crippen LogP contribution < -0.4 is 5.43 Å². The summed E-state index contributed by atoms with van der Waals surface area (Å²) >= 11 is 1.45. The Labute approximate surface area is 181 Å². The van der Waals surface area contributed by atoms with Crippen molar-refractivity contribution in [2.45, 2.75) is 31.1 Å². The van der Waals surface area contributed by atoms with E-state index in [1.807, 2.05) is 17.5 Å². The molecule has 156 valence electrons. The highest BCUT2D eigenvalue weighted by atomic mass is 32.2. The lowest BCUT2D eigenvalue weighted by molar-refractivity contribution is 0.477. The second-order valence-electron chi connectivity index (χ2n) is 7.14. The molecule has 1 aliphatic rings. The van der Waals surface area contributed by atoms with Crippen molar-refractivity contribution in [1.29, 1.82) is 0 Å². The first-order valence-corrected chi connectivity index (χ1v) is 12.3. The highest BCUT2D eigenvalue weighted by Gasteiger charge is 2.26. The van der Waals surface area contributed by atoms with E-state index in [0.717, 1.165) is 36.1 Å². The van der Waals surface area contributed by atoms with E-state index in [9.17, 15) is 8.42 Å². The Bertz CT molecular complexity index is 1110. The maximum Gasteiger partial charge on any atom is 0.243 e. The van der Waals surface area contributed by atoms with Crippen LogP contribution in [-0.2, 0) is 16.4 Å². The number of aromatic nitrogens is 1. The smallest absolute Gasteiger partial charge is 0.243 e. The van der Waals surface area contributed by atoms with Gasteiger partial charge in [-0.25, -0.2) is 13.4 Å². The van der Waals surface area contributed by atoms with Crippen LogP contribution in [0.5, 0.6) is 0 Å². The fourth-order valence-corrected chi connectivity index (χ4v) is 5.52. The standard InChI is InChI=1S/C22H24N4O2S2/c1-2-17-5-7-18(8-6-17)15-23-25-22-24-21(16-29-22)19-9-11-20(12-10-19)30(27,28)26-13-3-4-14-26/h5-12,15-16H,2-4,13-14H2,1H3,(H,24,25). The number of rotatable bonds is 7. The van der Waals surface area contributed by atoms with Gasteiger partial charge in [-0.05, 0) is 42.5 Å². The Morgan fingerprint density at radius 3 is 2.47 bits per heavy atom. The molecule has 8 heteroatoms. The van der Waals surface area contributed by atoms with Crippen molar-refractivity contribution in [3.05, 3.63) is 65.0 Å². The summed E-state index contributed by atoms with van der Waals surface area (Å²) in [6, 6.07) is 15.2. The highest BCUT2D eigenvalue weighted by molar-refractivity contribution is 7.89. The van der Waals surface area contributed by atoms with Gasteiger partial charge in [-0.1, -0.05) is 43.3 Å². The van der Waals surface area contributed by atoms with E-state index in [0.29, 0.717) is 23.1 Å². The van der Waals surface area contributed by atoms with Crippen molar-refractivity contribution in [2.24, 2.45) is 5.10 Å². The molecule has 30 heavy (non-hydrogen) atoms. The molecule has 0 atom stereocenters. The molecule has 0 saturated carbocycles. The van der Waals surface area contributed by atoms with Gasteiger partial charge in [0.05, 0.1) is 16.8 Å². The molecule has 0 bridgehead atoms. The number of aryl methyl sites for hydroxylation is 1. The molecule has 0 amide bonds. The molecule has 4 rings (SSSR count). The fraction of sp³-hybridized carbons (Fsp3) is 0.273. The van der Waals surface area contributed by atoms with Crippen molar-refractivity contribution in [3.8, 4) is 11.3 Å². The summed E-state index contributed by atoms with van der Waals surface area (Å²) in [5.74, 6) is 0. The zero-order chi connectivity index (χ0) is 21.0. The number of nitrogens with one attached hydrogen (secondary N) is 1. The van der Waals surface area contributed by atoms with Crippen molar-refractivity contribution in [2.75, 3.05) is 18.5 Å². The molecule has 1 saturated heterocycles. The largest absolute Gasteiger partial charge is 0.253 e. The van der Waals surface area contributed by atoms with Gasteiger partial charge in [-0.15, -0.1) is 11.3 Å². The molecule has 3 aromatic rings. The fourth-order valence-electron chi connectivity index (χ4n) is 3.33. The molecule has 1 aliphatic heterocycles. The minimum Gasteiger partial charge on any atom is -0.253 e.